The maximum Gasteiger partial charge on any atom is 0.409 e. The van der Waals surface area contributed by atoms with E-state index in [1.165, 1.54) is 47.7 Å². The van der Waals surface area contributed by atoms with Crippen LogP contribution in [0.5, 0.6) is 0 Å². The van der Waals surface area contributed by atoms with Crippen LogP contribution in [0.15, 0.2) is 35.9 Å². The van der Waals surface area contributed by atoms with Gasteiger partial charge in [0.2, 0.25) is 17.7 Å². The van der Waals surface area contributed by atoms with Gasteiger partial charge < -0.3 is 39.2 Å². The summed E-state index contributed by atoms with van der Waals surface area (Å²) in [7, 11) is 7.67. The Morgan fingerprint density at radius 1 is 1.22 bits per heavy atom. The first-order chi connectivity index (χ1) is 27.8. The van der Waals surface area contributed by atoms with E-state index in [1.54, 1.807) is 56.0 Å². The Morgan fingerprint density at radius 2 is 1.93 bits per heavy atom. The molecule has 2 fully saturated rings. The zero-order valence-corrected chi connectivity index (χ0v) is 37.0. The summed E-state index contributed by atoms with van der Waals surface area (Å²) < 4.78 is 17.9. The van der Waals surface area contributed by atoms with Gasteiger partial charge in [0.1, 0.15) is 30.1 Å². The van der Waals surface area contributed by atoms with Crippen LogP contribution in [0, 0.1) is 11.8 Å². The van der Waals surface area contributed by atoms with Crippen LogP contribution in [-0.2, 0) is 44.6 Å². The van der Waals surface area contributed by atoms with E-state index >= 15 is 0 Å². The highest BCUT2D eigenvalue weighted by Gasteiger charge is 2.64. The van der Waals surface area contributed by atoms with Crippen molar-refractivity contribution in [2.75, 3.05) is 31.8 Å². The lowest BCUT2D eigenvalue weighted by Gasteiger charge is -2.41. The zero-order chi connectivity index (χ0) is 43.8. The number of alkyl carbamates (subject to hydrolysis) is 1. The van der Waals surface area contributed by atoms with Crippen LogP contribution in [0.25, 0.3) is 0 Å². The minimum atomic E-state index is -2.01. The number of epoxide rings is 1. The number of nitrogens with zero attached hydrogens (tertiary/aromatic N) is 2. The average Bonchev–Trinajstić information content (AvgIpc) is 3.90. The van der Waals surface area contributed by atoms with Crippen LogP contribution in [-0.4, -0.2) is 120 Å². The number of ether oxygens (including phenoxy) is 3. The number of rotatable bonds is 13. The maximum atomic E-state index is 14.2. The van der Waals surface area contributed by atoms with Crippen molar-refractivity contribution in [2.24, 2.45) is 11.8 Å². The fourth-order valence-corrected chi connectivity index (χ4v) is 9.73. The van der Waals surface area contributed by atoms with Crippen molar-refractivity contribution in [3.63, 3.8) is 0 Å². The second-order valence-electron chi connectivity index (χ2n) is 15.6. The Bertz CT molecular complexity index is 1850. The minimum absolute atomic E-state index is 0.0325. The number of carbonyl (C=O) groups is 7. The van der Waals surface area contributed by atoms with Crippen molar-refractivity contribution in [3.8, 4) is 0 Å². The number of likely N-dealkylation sites (N-methyl/N-ethyl adjacent to an activating group) is 1. The van der Waals surface area contributed by atoms with Crippen molar-refractivity contribution in [3.05, 3.63) is 52.1 Å². The smallest absolute Gasteiger partial charge is 0.409 e. The Morgan fingerprint density at radius 3 is 2.59 bits per heavy atom. The van der Waals surface area contributed by atoms with Gasteiger partial charge in [-0.3, -0.25) is 24.5 Å². The first-order valence-electron chi connectivity index (χ1n) is 19.5. The van der Waals surface area contributed by atoms with Gasteiger partial charge in [-0.15, -0.1) is 0 Å². The van der Waals surface area contributed by atoms with E-state index in [9.17, 15) is 38.7 Å². The van der Waals surface area contributed by atoms with Crippen molar-refractivity contribution in [1.82, 2.24) is 15.5 Å². The lowest BCUT2D eigenvalue weighted by atomic mass is 9.82. The molecule has 59 heavy (non-hydrogen) atoms. The van der Waals surface area contributed by atoms with E-state index in [4.69, 9.17) is 25.8 Å². The number of hydrogen-bond acceptors (Lipinski definition) is 13. The van der Waals surface area contributed by atoms with E-state index < -0.39 is 71.9 Å². The Hall–Kier alpha value is -3.90. The molecule has 3 heterocycles. The molecule has 0 radical (unpaired) electrons. The van der Waals surface area contributed by atoms with Crippen LogP contribution in [0.3, 0.4) is 0 Å². The molecule has 1 aromatic carbocycles. The zero-order valence-electron chi connectivity index (χ0n) is 34.7. The number of esters is 1. The number of amides is 4. The summed E-state index contributed by atoms with van der Waals surface area (Å²) in [4.78, 5) is 92.6. The molecule has 3 aliphatic heterocycles. The first kappa shape index (κ1) is 47.8. The fourth-order valence-electron chi connectivity index (χ4n) is 7.12. The Labute approximate surface area is 358 Å². The van der Waals surface area contributed by atoms with Crippen LogP contribution in [0.1, 0.15) is 82.6 Å². The number of halogens is 1. The third-order valence-corrected chi connectivity index (χ3v) is 14.6. The number of anilines is 1. The molecule has 4 rings (SSSR count). The first-order valence-corrected chi connectivity index (χ1v) is 22.2. The number of nitrogens with one attached hydrogen (secondary N) is 2. The molecule has 0 aromatic heterocycles. The van der Waals surface area contributed by atoms with E-state index in [2.05, 4.69) is 10.6 Å². The van der Waals surface area contributed by atoms with Crippen molar-refractivity contribution in [1.29, 1.82) is 0 Å². The summed E-state index contributed by atoms with van der Waals surface area (Å²) >= 11 is 6.66. The molecular weight excluding hydrogens is 824 g/mol. The lowest BCUT2D eigenvalue weighted by molar-refractivity contribution is -0.161. The van der Waals surface area contributed by atoms with E-state index in [1.807, 2.05) is 13.8 Å². The molecule has 2 saturated heterocycles. The highest BCUT2D eigenvalue weighted by molar-refractivity contribution is 8.76. The van der Waals surface area contributed by atoms with Crippen LogP contribution < -0.4 is 15.5 Å². The molecule has 15 nitrogen and oxygen atoms in total. The Balaban J connectivity index is 1.61. The molecule has 0 saturated carbocycles. The van der Waals surface area contributed by atoms with Crippen molar-refractivity contribution < 1.29 is 52.9 Å². The van der Waals surface area contributed by atoms with Crippen LogP contribution in [0.2, 0.25) is 5.02 Å². The van der Waals surface area contributed by atoms with Gasteiger partial charge in [0, 0.05) is 62.9 Å². The second kappa shape index (κ2) is 20.6. The predicted octanol–water partition coefficient (Wildman–Crippen LogP) is 4.80. The van der Waals surface area contributed by atoms with Crippen LogP contribution >= 0.6 is 33.2 Å². The summed E-state index contributed by atoms with van der Waals surface area (Å²) in [6, 6.07) is 2.24. The molecule has 0 aliphatic carbocycles. The van der Waals surface area contributed by atoms with E-state index in [-0.39, 0.29) is 46.2 Å². The monoisotopic (exact) mass is 878 g/mol. The maximum absolute atomic E-state index is 14.2. The van der Waals surface area contributed by atoms with Crippen molar-refractivity contribution >= 4 is 81.2 Å². The minimum Gasteiger partial charge on any atom is -0.457 e. The number of aliphatic hydroxyl groups is 1. The largest absolute Gasteiger partial charge is 0.457 e. The number of benzene rings is 1. The molecule has 0 spiro atoms. The third-order valence-electron chi connectivity index (χ3n) is 11.2. The molecule has 3 N–H and O–H groups in total. The van der Waals surface area contributed by atoms with Gasteiger partial charge in [0.25, 0.3) is 0 Å². The van der Waals surface area contributed by atoms with Gasteiger partial charge in [0.05, 0.1) is 29.2 Å². The molecule has 18 heteroatoms. The number of aldehydes is 2. The van der Waals surface area contributed by atoms with Gasteiger partial charge in [-0.05, 0) is 51.3 Å². The second-order valence-corrected chi connectivity index (χ2v) is 18.9. The number of hydrogen-bond donors (Lipinski definition) is 3. The van der Waals surface area contributed by atoms with Gasteiger partial charge in [-0.2, -0.15) is 0 Å². The Kier molecular flexibility index (Phi) is 16.7. The molecule has 9 atom stereocenters. The summed E-state index contributed by atoms with van der Waals surface area (Å²) in [6.07, 6.45) is 3.02. The quantitative estimate of drug-likeness (QED) is 0.0803. The number of allylic oxidation sites excluding steroid dienone is 3. The standard InChI is InChI=1S/C41H55ClN4O11S2/c1-23-10-9-11-29(22-48)41(54)20-31(55-39(53)44-41)25(3)37-40(5,57-37)32(19-35(51)46(8)30-18-27(16-23)17-28(21-47)36(30)42)56-38(52)26(4)45(7)34(50)14-15-58-59-24(2)12-13-33(49)43-6/h9-11,17-18,21-22,24-26,29,31-32,37,54H,12-16,19-20H2,1-8H3,(H,43,49)(H,44,53)/b11-9+,23-10+/t24?,25-,26+,29+,31+,32+,37+,40+,41+/m1/s1. The lowest BCUT2D eigenvalue weighted by Crippen LogP contribution is -2.61. The summed E-state index contributed by atoms with van der Waals surface area (Å²) in [5, 5.41) is 16.9. The third kappa shape index (κ3) is 11.9. The van der Waals surface area contributed by atoms with Gasteiger partial charge in [-0.25, -0.2) is 9.59 Å². The summed E-state index contributed by atoms with van der Waals surface area (Å²) in [5.41, 5.74) is -1.46. The van der Waals surface area contributed by atoms with Crippen LogP contribution in [0.4, 0.5) is 10.5 Å². The van der Waals surface area contributed by atoms with Crippen molar-refractivity contribution in [2.45, 2.75) is 114 Å². The predicted molar refractivity (Wildman–Crippen MR) is 226 cm³/mol. The van der Waals surface area contributed by atoms with E-state index in [0.29, 0.717) is 43.2 Å². The van der Waals surface area contributed by atoms with Gasteiger partial charge in [0.15, 0.2) is 12.0 Å². The molecule has 4 amide bonds. The highest BCUT2D eigenvalue weighted by atomic mass is 35.5. The molecule has 3 aliphatic rings. The molecule has 1 aromatic rings. The molecule has 1 unspecified atom stereocenters. The topological polar surface area (TPSA) is 201 Å². The van der Waals surface area contributed by atoms with Gasteiger partial charge in [-0.1, -0.05) is 70.8 Å². The fraction of sp³-hybridized carbons (Fsp3) is 0.585. The highest BCUT2D eigenvalue weighted by Crippen LogP contribution is 2.49. The molecule has 324 valence electrons. The summed E-state index contributed by atoms with van der Waals surface area (Å²) in [6.45, 7) is 8.74. The SMILES string of the molecule is CNC(=O)CCC(C)SSCCC(=O)N(C)[C@@H](C)C(=O)O[C@H]1CC(=O)N(C)c2cc(cc(C=O)c2Cl)C/C(C)=C/C=C/[C@@H](C=O)[C@@]2(O)C[C@H](OC(=O)N2)[C@@H](C)[C@@H]2O[C@@]12C. The summed E-state index contributed by atoms with van der Waals surface area (Å²) in [5.74, 6) is -2.96. The van der Waals surface area contributed by atoms with Gasteiger partial charge >= 0.3 is 12.1 Å². The normalized spacial score (nSPS) is 29.6. The number of carbonyl (C=O) groups excluding carboxylic acids is 7. The average molecular weight is 879 g/mol. The van der Waals surface area contributed by atoms with E-state index in [0.717, 1.165) is 5.57 Å². The molecule has 4 bridgehead atoms. The molecular formula is C41H55ClN4O11S2. The number of fused-ring (bicyclic) bond motifs is 5.